The summed E-state index contributed by atoms with van der Waals surface area (Å²) in [4.78, 5) is 52.3. The summed E-state index contributed by atoms with van der Waals surface area (Å²) in [5.41, 5.74) is 11.8. The molecule has 0 spiro atoms. The molecule has 1 aliphatic carbocycles. The summed E-state index contributed by atoms with van der Waals surface area (Å²) >= 11 is 0. The lowest BCUT2D eigenvalue weighted by Crippen LogP contribution is -2.31. The average Bonchev–Trinajstić information content (AvgIpc) is 3.69. The van der Waals surface area contributed by atoms with Crippen molar-refractivity contribution < 1.29 is 19.2 Å². The predicted molar refractivity (Wildman–Crippen MR) is 227 cm³/mol. The van der Waals surface area contributed by atoms with Crippen LogP contribution in [0.2, 0.25) is 0 Å². The van der Waals surface area contributed by atoms with Crippen LogP contribution in [0.5, 0.6) is 0 Å². The van der Waals surface area contributed by atoms with E-state index in [0.29, 0.717) is 17.0 Å². The van der Waals surface area contributed by atoms with Crippen LogP contribution < -0.4 is 4.90 Å². The van der Waals surface area contributed by atoms with Crippen LogP contribution in [0.1, 0.15) is 120 Å². The molecule has 56 heavy (non-hydrogen) atoms. The summed E-state index contributed by atoms with van der Waals surface area (Å²) in [7, 11) is 0. The van der Waals surface area contributed by atoms with Crippen LogP contribution in [0.25, 0.3) is 0 Å². The third-order valence-electron chi connectivity index (χ3n) is 12.2. The number of fused-ring (bicyclic) bond motifs is 1. The molecule has 0 saturated carbocycles. The molecule has 3 aromatic carbocycles. The second kappa shape index (κ2) is 14.3. The molecular weight excluding hydrogens is 693 g/mol. The Labute approximate surface area is 333 Å². The molecule has 290 valence electrons. The highest BCUT2D eigenvalue weighted by atomic mass is 16.2. The van der Waals surface area contributed by atoms with Gasteiger partial charge in [-0.2, -0.15) is 0 Å². The van der Waals surface area contributed by atoms with Gasteiger partial charge in [-0.25, -0.2) is 9.80 Å². The molecule has 0 radical (unpaired) electrons. The zero-order chi connectivity index (χ0) is 41.1. The van der Waals surface area contributed by atoms with Gasteiger partial charge in [0.15, 0.2) is 0 Å². The van der Waals surface area contributed by atoms with Crippen molar-refractivity contribution in [2.45, 2.75) is 117 Å². The first kappa shape index (κ1) is 40.3. The molecular formula is C50H56N2O4. The average molecular weight is 749 g/mol. The number of rotatable bonds is 11. The van der Waals surface area contributed by atoms with Crippen molar-refractivity contribution in [1.29, 1.82) is 0 Å². The van der Waals surface area contributed by atoms with Crippen molar-refractivity contribution in [3.05, 3.63) is 159 Å². The van der Waals surface area contributed by atoms with E-state index in [4.69, 9.17) is 0 Å². The number of allylic oxidation sites excluding steroid dienone is 4. The van der Waals surface area contributed by atoms with Gasteiger partial charge < -0.3 is 0 Å². The highest BCUT2D eigenvalue weighted by Gasteiger charge is 2.46. The van der Waals surface area contributed by atoms with Crippen molar-refractivity contribution in [2.24, 2.45) is 0 Å². The molecule has 3 aromatic rings. The van der Waals surface area contributed by atoms with Gasteiger partial charge in [-0.15, -0.1) is 0 Å². The fraction of sp³-hybridized carbons (Fsp3) is 0.360. The SMILES string of the molecule is C=C(C)/C(=C(C)\C=C/CC(C)(C)c1ccc2c(c1)C(C)(C)CC2(C)c1cccc(C(C)(C)Cc2cc(C)c(N3C(=O)C=CC3=O)c(C)c2)c1)N1C(=O)C=CC1=O. The maximum absolute atomic E-state index is 12.5. The van der Waals surface area contributed by atoms with Crippen molar-refractivity contribution in [2.75, 3.05) is 4.90 Å². The Hall–Kier alpha value is -5.36. The zero-order valence-electron chi connectivity index (χ0n) is 35.0. The molecule has 0 fully saturated rings. The summed E-state index contributed by atoms with van der Waals surface area (Å²) in [6.07, 6.45) is 12.0. The number of hydrogen-bond donors (Lipinski definition) is 0. The van der Waals surface area contributed by atoms with Gasteiger partial charge >= 0.3 is 0 Å². The van der Waals surface area contributed by atoms with Crippen LogP contribution in [-0.4, -0.2) is 28.5 Å². The normalized spacial score (nSPS) is 19.8. The van der Waals surface area contributed by atoms with Crippen LogP contribution in [0.15, 0.2) is 114 Å². The molecule has 0 aromatic heterocycles. The largest absolute Gasteiger partial charge is 0.269 e. The molecule has 6 rings (SSSR count). The van der Waals surface area contributed by atoms with Gasteiger partial charge in [0.2, 0.25) is 0 Å². The van der Waals surface area contributed by atoms with E-state index < -0.39 is 0 Å². The van der Waals surface area contributed by atoms with Crippen LogP contribution in [0.4, 0.5) is 5.69 Å². The van der Waals surface area contributed by atoms with Gasteiger partial charge in [0.1, 0.15) is 0 Å². The molecule has 0 saturated heterocycles. The number of nitrogens with zero attached hydrogens (tertiary/aromatic N) is 2. The summed E-state index contributed by atoms with van der Waals surface area (Å²) in [6, 6.07) is 20.4. The number of anilines is 1. The van der Waals surface area contributed by atoms with E-state index in [1.165, 1.54) is 67.5 Å². The third-order valence-corrected chi connectivity index (χ3v) is 12.2. The number of imide groups is 2. The van der Waals surface area contributed by atoms with E-state index in [1.807, 2.05) is 33.8 Å². The van der Waals surface area contributed by atoms with Crippen LogP contribution >= 0.6 is 0 Å². The number of benzene rings is 3. The van der Waals surface area contributed by atoms with E-state index >= 15 is 0 Å². The number of aryl methyl sites for hydroxylation is 2. The number of hydrogen-bond acceptors (Lipinski definition) is 4. The number of carbonyl (C=O) groups excluding carboxylic acids is 4. The fourth-order valence-electron chi connectivity index (χ4n) is 9.41. The lowest BCUT2D eigenvalue weighted by molar-refractivity contribution is -0.134. The van der Waals surface area contributed by atoms with E-state index in [9.17, 15) is 19.2 Å². The molecule has 1 atom stereocenters. The van der Waals surface area contributed by atoms with E-state index in [-0.39, 0.29) is 45.3 Å². The van der Waals surface area contributed by atoms with E-state index in [0.717, 1.165) is 36.0 Å². The Morgan fingerprint density at radius 1 is 0.750 bits per heavy atom. The van der Waals surface area contributed by atoms with Crippen LogP contribution in [-0.2, 0) is 47.3 Å². The molecule has 3 aliphatic rings. The number of amides is 4. The Morgan fingerprint density at radius 2 is 1.32 bits per heavy atom. The summed E-state index contributed by atoms with van der Waals surface area (Å²) in [5.74, 6) is -1.27. The Balaban J connectivity index is 1.25. The van der Waals surface area contributed by atoms with Gasteiger partial charge in [0.25, 0.3) is 23.6 Å². The van der Waals surface area contributed by atoms with Crippen LogP contribution in [0, 0.1) is 13.8 Å². The quantitative estimate of drug-likeness (QED) is 0.145. The van der Waals surface area contributed by atoms with Crippen molar-refractivity contribution in [3.63, 3.8) is 0 Å². The van der Waals surface area contributed by atoms with Crippen molar-refractivity contribution in [1.82, 2.24) is 4.90 Å². The van der Waals surface area contributed by atoms with Gasteiger partial charge in [-0.3, -0.25) is 19.2 Å². The highest BCUT2D eigenvalue weighted by Crippen LogP contribution is 2.54. The van der Waals surface area contributed by atoms with E-state index in [1.54, 1.807) is 0 Å². The Morgan fingerprint density at radius 3 is 1.91 bits per heavy atom. The molecule has 6 heteroatoms. The highest BCUT2D eigenvalue weighted by molar-refractivity contribution is 6.28. The maximum Gasteiger partial charge on any atom is 0.258 e. The molecule has 0 bridgehead atoms. The van der Waals surface area contributed by atoms with Gasteiger partial charge in [-0.05, 0) is 119 Å². The molecule has 2 heterocycles. The third kappa shape index (κ3) is 7.22. The first-order chi connectivity index (χ1) is 26.1. The van der Waals surface area contributed by atoms with Gasteiger partial charge in [-0.1, -0.05) is 122 Å². The molecule has 0 N–H and O–H groups in total. The first-order valence-electron chi connectivity index (χ1n) is 19.6. The van der Waals surface area contributed by atoms with Crippen molar-refractivity contribution in [3.8, 4) is 0 Å². The minimum absolute atomic E-state index is 0.0412. The molecule has 1 unspecified atom stereocenters. The molecule has 4 amide bonds. The molecule has 2 aliphatic heterocycles. The van der Waals surface area contributed by atoms with Crippen molar-refractivity contribution >= 4 is 29.3 Å². The topological polar surface area (TPSA) is 74.8 Å². The fourth-order valence-corrected chi connectivity index (χ4v) is 9.41. The smallest absolute Gasteiger partial charge is 0.258 e. The standard InChI is InChI=1S/C50H56N2O4/c1-31(2)45(51-41(53)20-21-42(51)54)32(3)15-14-24-47(6,7)37-18-19-39-40(28-37)49(10,11)30-50(39,12)38-17-13-16-36(27-38)48(8,9)29-35-25-33(4)46(34(5)26-35)52-43(55)22-23-44(52)56/h13-23,25-28H,1,24,29-30H2,2-12H3/b15-14-,45-32+. The van der Waals surface area contributed by atoms with E-state index in [2.05, 4.69) is 116 Å². The monoisotopic (exact) mass is 748 g/mol. The van der Waals surface area contributed by atoms with Gasteiger partial charge in [0.05, 0.1) is 11.4 Å². The second-order valence-electron chi connectivity index (χ2n) is 18.4. The first-order valence-corrected chi connectivity index (χ1v) is 19.6. The minimum Gasteiger partial charge on any atom is -0.269 e. The lowest BCUT2D eigenvalue weighted by atomic mass is 9.72. The lowest BCUT2D eigenvalue weighted by Gasteiger charge is -2.32. The molecule has 6 nitrogen and oxygen atoms in total. The number of carbonyl (C=O) groups is 4. The predicted octanol–water partition coefficient (Wildman–Crippen LogP) is 10.2. The summed E-state index contributed by atoms with van der Waals surface area (Å²) in [5, 5.41) is 0. The van der Waals surface area contributed by atoms with Crippen LogP contribution in [0.3, 0.4) is 0 Å². The Bertz CT molecular complexity index is 2270. The summed E-state index contributed by atoms with van der Waals surface area (Å²) < 4.78 is 0. The second-order valence-corrected chi connectivity index (χ2v) is 18.4. The zero-order valence-corrected chi connectivity index (χ0v) is 35.0. The maximum atomic E-state index is 12.5. The summed E-state index contributed by atoms with van der Waals surface area (Å²) in [6.45, 7) is 28.0. The van der Waals surface area contributed by atoms with Gasteiger partial charge in [0, 0.05) is 29.7 Å². The minimum atomic E-state index is -0.341. The Kier molecular flexibility index (Phi) is 10.3.